The fourth-order valence-corrected chi connectivity index (χ4v) is 3.84. The molecule has 26 heavy (non-hydrogen) atoms. The minimum absolute atomic E-state index is 0.0160. The lowest BCUT2D eigenvalue weighted by molar-refractivity contribution is -0.119. The molecule has 3 rings (SSSR count). The van der Waals surface area contributed by atoms with Gasteiger partial charge in [0.05, 0.1) is 12.1 Å². The van der Waals surface area contributed by atoms with Gasteiger partial charge in [0.15, 0.2) is 5.13 Å². The van der Waals surface area contributed by atoms with Crippen LogP contribution in [0.15, 0.2) is 46.5 Å². The number of aromatic nitrogens is 1. The highest BCUT2D eigenvalue weighted by Gasteiger charge is 2.09. The zero-order valence-electron chi connectivity index (χ0n) is 14.3. The van der Waals surface area contributed by atoms with Gasteiger partial charge in [-0.2, -0.15) is 11.3 Å². The van der Waals surface area contributed by atoms with Gasteiger partial charge >= 0.3 is 0 Å². The number of nitrogens with zero attached hydrogens (tertiary/aromatic N) is 1. The maximum Gasteiger partial charge on any atom is 0.230 e. The first-order valence-corrected chi connectivity index (χ1v) is 10.0. The summed E-state index contributed by atoms with van der Waals surface area (Å²) in [5, 5.41) is 12.1. The molecule has 0 aliphatic heterocycles. The SMILES string of the molecule is CC(=O)NCCc1ccc(-c2csc(NC(=O)Cc3ccsc3)n2)cc1. The number of hydrogen-bond donors (Lipinski definition) is 2. The summed E-state index contributed by atoms with van der Waals surface area (Å²) in [6, 6.07) is 10.0. The van der Waals surface area contributed by atoms with Gasteiger partial charge in [-0.25, -0.2) is 4.98 Å². The third-order valence-corrected chi connectivity index (χ3v) is 5.22. The summed E-state index contributed by atoms with van der Waals surface area (Å²) in [5.74, 6) is -0.0738. The maximum absolute atomic E-state index is 12.0. The third-order valence-electron chi connectivity index (χ3n) is 3.73. The molecule has 2 N–H and O–H groups in total. The Morgan fingerprint density at radius 1 is 1.08 bits per heavy atom. The van der Waals surface area contributed by atoms with Gasteiger partial charge in [-0.1, -0.05) is 24.3 Å². The number of anilines is 1. The minimum Gasteiger partial charge on any atom is -0.356 e. The van der Waals surface area contributed by atoms with Gasteiger partial charge in [-0.05, 0) is 34.4 Å². The van der Waals surface area contributed by atoms with Gasteiger partial charge < -0.3 is 10.6 Å². The summed E-state index contributed by atoms with van der Waals surface area (Å²) >= 11 is 3.00. The molecule has 0 atom stereocenters. The quantitative estimate of drug-likeness (QED) is 0.651. The van der Waals surface area contributed by atoms with Crippen molar-refractivity contribution in [2.45, 2.75) is 19.8 Å². The fraction of sp³-hybridized carbons (Fsp3) is 0.211. The smallest absolute Gasteiger partial charge is 0.230 e. The molecule has 2 amide bonds. The lowest BCUT2D eigenvalue weighted by Crippen LogP contribution is -2.22. The number of amides is 2. The molecule has 134 valence electrons. The summed E-state index contributed by atoms with van der Waals surface area (Å²) < 4.78 is 0. The van der Waals surface area contributed by atoms with E-state index in [-0.39, 0.29) is 11.8 Å². The van der Waals surface area contributed by atoms with Crippen molar-refractivity contribution in [3.05, 3.63) is 57.6 Å². The second-order valence-electron chi connectivity index (χ2n) is 5.82. The predicted octanol–water partition coefficient (Wildman–Crippen LogP) is 3.73. The maximum atomic E-state index is 12.0. The van der Waals surface area contributed by atoms with Crippen LogP contribution in [0.1, 0.15) is 18.1 Å². The third kappa shape index (κ3) is 5.24. The van der Waals surface area contributed by atoms with Crippen molar-refractivity contribution < 1.29 is 9.59 Å². The Balaban J connectivity index is 1.56. The van der Waals surface area contributed by atoms with Crippen LogP contribution < -0.4 is 10.6 Å². The number of hydrogen-bond acceptors (Lipinski definition) is 5. The zero-order chi connectivity index (χ0) is 18.4. The molecule has 0 bridgehead atoms. The van der Waals surface area contributed by atoms with E-state index in [2.05, 4.69) is 15.6 Å². The second kappa shape index (κ2) is 8.73. The number of carbonyl (C=O) groups is 2. The molecule has 0 spiro atoms. The highest BCUT2D eigenvalue weighted by Crippen LogP contribution is 2.25. The van der Waals surface area contributed by atoms with Gasteiger partial charge in [-0.3, -0.25) is 9.59 Å². The van der Waals surface area contributed by atoms with Gasteiger partial charge in [0, 0.05) is 24.4 Å². The summed E-state index contributed by atoms with van der Waals surface area (Å²) in [7, 11) is 0. The van der Waals surface area contributed by atoms with E-state index in [1.165, 1.54) is 18.3 Å². The molecule has 0 unspecified atom stereocenters. The molecule has 2 aromatic heterocycles. The Labute approximate surface area is 160 Å². The first-order chi connectivity index (χ1) is 12.6. The molecule has 5 nitrogen and oxygen atoms in total. The summed E-state index contributed by atoms with van der Waals surface area (Å²) in [4.78, 5) is 27.4. The molecule has 0 fully saturated rings. The fourth-order valence-electron chi connectivity index (χ4n) is 2.43. The standard InChI is InChI=1S/C19H19N3O2S2/c1-13(23)20-8-6-14-2-4-16(5-3-14)17-12-26-19(21-17)22-18(24)10-15-7-9-25-11-15/h2-5,7,9,11-12H,6,8,10H2,1H3,(H,20,23)(H,21,22,24). The van der Waals surface area contributed by atoms with E-state index in [0.29, 0.717) is 18.1 Å². The van der Waals surface area contributed by atoms with Crippen LogP contribution in [0.5, 0.6) is 0 Å². The van der Waals surface area contributed by atoms with Crippen LogP contribution in [0, 0.1) is 0 Å². The average Bonchev–Trinajstić information content (AvgIpc) is 3.27. The lowest BCUT2D eigenvalue weighted by Gasteiger charge is -2.04. The van der Waals surface area contributed by atoms with Crippen LogP contribution in [-0.2, 0) is 22.4 Å². The van der Waals surface area contributed by atoms with Gasteiger partial charge in [0.1, 0.15) is 0 Å². The molecule has 3 aromatic rings. The van der Waals surface area contributed by atoms with Crippen molar-refractivity contribution in [2.75, 3.05) is 11.9 Å². The number of thiazole rings is 1. The number of thiophene rings is 1. The van der Waals surface area contributed by atoms with Crippen LogP contribution in [-0.4, -0.2) is 23.3 Å². The van der Waals surface area contributed by atoms with Crippen molar-refractivity contribution >= 4 is 39.6 Å². The molecular weight excluding hydrogens is 366 g/mol. The summed E-state index contributed by atoms with van der Waals surface area (Å²) in [5.41, 5.74) is 4.01. The van der Waals surface area contributed by atoms with Crippen LogP contribution in [0.3, 0.4) is 0 Å². The second-order valence-corrected chi connectivity index (χ2v) is 7.46. The summed E-state index contributed by atoms with van der Waals surface area (Å²) in [6.45, 7) is 2.15. The Kier molecular flexibility index (Phi) is 6.14. The molecule has 1 aromatic carbocycles. The lowest BCUT2D eigenvalue weighted by atomic mass is 10.1. The first kappa shape index (κ1) is 18.3. The molecule has 0 saturated carbocycles. The van der Waals surface area contributed by atoms with Gasteiger partial charge in [0.25, 0.3) is 0 Å². The van der Waals surface area contributed by atoms with Crippen molar-refractivity contribution in [2.24, 2.45) is 0 Å². The van der Waals surface area contributed by atoms with E-state index in [9.17, 15) is 9.59 Å². The van der Waals surface area contributed by atoms with Crippen LogP contribution >= 0.6 is 22.7 Å². The number of nitrogens with one attached hydrogen (secondary N) is 2. The Bertz CT molecular complexity index is 871. The van der Waals surface area contributed by atoms with E-state index in [0.717, 1.165) is 28.8 Å². The highest BCUT2D eigenvalue weighted by atomic mass is 32.1. The molecule has 0 saturated heterocycles. The number of benzene rings is 1. The molecule has 7 heteroatoms. The first-order valence-electron chi connectivity index (χ1n) is 8.20. The topological polar surface area (TPSA) is 71.1 Å². The van der Waals surface area contributed by atoms with E-state index >= 15 is 0 Å². The predicted molar refractivity (Wildman–Crippen MR) is 107 cm³/mol. The highest BCUT2D eigenvalue weighted by molar-refractivity contribution is 7.14. The molecule has 0 aliphatic carbocycles. The minimum atomic E-state index is -0.0578. The van der Waals surface area contributed by atoms with Gasteiger partial charge in [0.2, 0.25) is 11.8 Å². The van der Waals surface area contributed by atoms with Crippen LogP contribution in [0.4, 0.5) is 5.13 Å². The van der Waals surface area contributed by atoms with E-state index in [4.69, 9.17) is 0 Å². The molecule has 0 aliphatic rings. The number of rotatable bonds is 7. The molecule has 2 heterocycles. The average molecular weight is 386 g/mol. The van der Waals surface area contributed by atoms with Crippen LogP contribution in [0.25, 0.3) is 11.3 Å². The van der Waals surface area contributed by atoms with Crippen molar-refractivity contribution in [3.8, 4) is 11.3 Å². The Morgan fingerprint density at radius 3 is 2.58 bits per heavy atom. The number of carbonyl (C=O) groups excluding carboxylic acids is 2. The Morgan fingerprint density at radius 2 is 1.88 bits per heavy atom. The summed E-state index contributed by atoms with van der Waals surface area (Å²) in [6.07, 6.45) is 1.15. The Hall–Kier alpha value is -2.51. The van der Waals surface area contributed by atoms with Crippen LogP contribution in [0.2, 0.25) is 0 Å². The van der Waals surface area contributed by atoms with E-state index in [1.54, 1.807) is 11.3 Å². The normalized spacial score (nSPS) is 10.5. The van der Waals surface area contributed by atoms with E-state index < -0.39 is 0 Å². The van der Waals surface area contributed by atoms with Crippen molar-refractivity contribution in [1.29, 1.82) is 0 Å². The monoisotopic (exact) mass is 385 g/mol. The largest absolute Gasteiger partial charge is 0.356 e. The molecular formula is C19H19N3O2S2. The van der Waals surface area contributed by atoms with Crippen molar-refractivity contribution in [3.63, 3.8) is 0 Å². The zero-order valence-corrected chi connectivity index (χ0v) is 16.0. The van der Waals surface area contributed by atoms with Crippen molar-refractivity contribution in [1.82, 2.24) is 10.3 Å². The van der Waals surface area contributed by atoms with Gasteiger partial charge in [-0.15, -0.1) is 11.3 Å². The molecule has 0 radical (unpaired) electrons. The van der Waals surface area contributed by atoms with E-state index in [1.807, 2.05) is 46.5 Å².